The Kier molecular flexibility index (Phi) is 3.27. The van der Waals surface area contributed by atoms with Gasteiger partial charge in [0.05, 0.1) is 5.69 Å². The molecule has 0 saturated heterocycles. The zero-order valence-electron chi connectivity index (χ0n) is 11.7. The molecule has 0 fully saturated rings. The van der Waals surface area contributed by atoms with Crippen LogP contribution < -0.4 is 5.73 Å². The number of rotatable bonds is 1. The standard InChI is InChI=1S/C15H18FN3/c1-9-7-10(5-6-11(9)16)12-8-13(17)19-14(18-12)15(2,3)4/h5-8H,1-4H3,(H2,17,18,19). The normalized spacial score (nSPS) is 11.6. The van der Waals surface area contributed by atoms with E-state index in [-0.39, 0.29) is 11.2 Å². The lowest BCUT2D eigenvalue weighted by Gasteiger charge is -2.18. The van der Waals surface area contributed by atoms with Gasteiger partial charge in [0.25, 0.3) is 0 Å². The Labute approximate surface area is 112 Å². The van der Waals surface area contributed by atoms with E-state index < -0.39 is 0 Å². The maximum atomic E-state index is 13.3. The number of nitrogens with zero attached hydrogens (tertiary/aromatic N) is 2. The van der Waals surface area contributed by atoms with Crippen LogP contribution >= 0.6 is 0 Å². The average Bonchev–Trinajstić information content (AvgIpc) is 2.31. The largest absolute Gasteiger partial charge is 0.384 e. The van der Waals surface area contributed by atoms with E-state index >= 15 is 0 Å². The highest BCUT2D eigenvalue weighted by Gasteiger charge is 2.19. The van der Waals surface area contributed by atoms with E-state index in [9.17, 15) is 4.39 Å². The van der Waals surface area contributed by atoms with Crippen LogP contribution in [0.4, 0.5) is 10.2 Å². The first-order valence-corrected chi connectivity index (χ1v) is 6.19. The number of aryl methyl sites for hydroxylation is 1. The summed E-state index contributed by atoms with van der Waals surface area (Å²) in [6.07, 6.45) is 0. The number of halogens is 1. The second-order valence-corrected chi connectivity index (χ2v) is 5.72. The van der Waals surface area contributed by atoms with Crippen molar-refractivity contribution in [1.29, 1.82) is 0 Å². The molecule has 0 saturated carbocycles. The number of nitrogen functional groups attached to an aromatic ring is 1. The number of benzene rings is 1. The van der Waals surface area contributed by atoms with E-state index in [0.717, 1.165) is 11.3 Å². The predicted molar refractivity (Wildman–Crippen MR) is 75.3 cm³/mol. The zero-order chi connectivity index (χ0) is 14.2. The molecule has 0 amide bonds. The van der Waals surface area contributed by atoms with Gasteiger partial charge in [-0.2, -0.15) is 0 Å². The average molecular weight is 259 g/mol. The Morgan fingerprint density at radius 2 is 1.79 bits per heavy atom. The molecule has 0 spiro atoms. The minimum Gasteiger partial charge on any atom is -0.384 e. The molecule has 0 aliphatic carbocycles. The minimum atomic E-state index is -0.221. The third-order valence-corrected chi connectivity index (χ3v) is 2.87. The van der Waals surface area contributed by atoms with Gasteiger partial charge in [-0.05, 0) is 30.7 Å². The van der Waals surface area contributed by atoms with Crippen LogP contribution in [0.5, 0.6) is 0 Å². The lowest BCUT2D eigenvalue weighted by atomic mass is 9.95. The van der Waals surface area contributed by atoms with Gasteiger partial charge in [-0.3, -0.25) is 0 Å². The topological polar surface area (TPSA) is 51.8 Å². The van der Waals surface area contributed by atoms with E-state index in [4.69, 9.17) is 5.73 Å². The van der Waals surface area contributed by atoms with Gasteiger partial charge in [0.1, 0.15) is 17.5 Å². The fourth-order valence-corrected chi connectivity index (χ4v) is 1.75. The summed E-state index contributed by atoms with van der Waals surface area (Å²) < 4.78 is 13.3. The molecule has 1 aromatic heterocycles. The second kappa shape index (κ2) is 4.61. The van der Waals surface area contributed by atoms with E-state index in [0.29, 0.717) is 17.2 Å². The molecule has 4 heteroatoms. The summed E-state index contributed by atoms with van der Waals surface area (Å²) in [6, 6.07) is 6.63. The zero-order valence-corrected chi connectivity index (χ0v) is 11.7. The quantitative estimate of drug-likeness (QED) is 0.853. The van der Waals surface area contributed by atoms with Crippen molar-refractivity contribution in [2.45, 2.75) is 33.1 Å². The van der Waals surface area contributed by atoms with Crippen LogP contribution in [0.25, 0.3) is 11.3 Å². The van der Waals surface area contributed by atoms with Gasteiger partial charge in [0, 0.05) is 17.0 Å². The summed E-state index contributed by atoms with van der Waals surface area (Å²) in [6.45, 7) is 7.82. The number of aromatic nitrogens is 2. The van der Waals surface area contributed by atoms with Gasteiger partial charge in [-0.1, -0.05) is 20.8 Å². The first-order valence-electron chi connectivity index (χ1n) is 6.19. The molecule has 2 aromatic rings. The Morgan fingerprint density at radius 1 is 1.11 bits per heavy atom. The molecule has 2 N–H and O–H groups in total. The van der Waals surface area contributed by atoms with Crippen LogP contribution in [0.2, 0.25) is 0 Å². The summed E-state index contributed by atoms with van der Waals surface area (Å²) in [5, 5.41) is 0. The van der Waals surface area contributed by atoms with Crippen LogP contribution in [-0.4, -0.2) is 9.97 Å². The highest BCUT2D eigenvalue weighted by Crippen LogP contribution is 2.25. The van der Waals surface area contributed by atoms with E-state index in [1.54, 1.807) is 25.1 Å². The second-order valence-electron chi connectivity index (χ2n) is 5.72. The molecule has 2 rings (SSSR count). The monoisotopic (exact) mass is 259 g/mol. The lowest BCUT2D eigenvalue weighted by molar-refractivity contribution is 0.547. The summed E-state index contributed by atoms with van der Waals surface area (Å²) in [4.78, 5) is 8.80. The highest BCUT2D eigenvalue weighted by molar-refractivity contribution is 5.62. The van der Waals surface area contributed by atoms with Crippen molar-refractivity contribution in [3.8, 4) is 11.3 Å². The molecule has 0 bridgehead atoms. The summed E-state index contributed by atoms with van der Waals surface area (Å²) in [7, 11) is 0. The Bertz CT molecular complexity index is 615. The smallest absolute Gasteiger partial charge is 0.136 e. The molecule has 0 aliphatic rings. The number of anilines is 1. The van der Waals surface area contributed by atoms with Crippen molar-refractivity contribution in [3.63, 3.8) is 0 Å². The van der Waals surface area contributed by atoms with Crippen LogP contribution in [0, 0.1) is 12.7 Å². The summed E-state index contributed by atoms with van der Waals surface area (Å²) in [5.74, 6) is 0.892. The SMILES string of the molecule is Cc1cc(-c2cc(N)nc(C(C)(C)C)n2)ccc1F. The van der Waals surface area contributed by atoms with E-state index in [2.05, 4.69) is 9.97 Å². The molecule has 1 aromatic carbocycles. The highest BCUT2D eigenvalue weighted by atomic mass is 19.1. The lowest BCUT2D eigenvalue weighted by Crippen LogP contribution is -2.17. The maximum Gasteiger partial charge on any atom is 0.136 e. The van der Waals surface area contributed by atoms with Gasteiger partial charge in [-0.25, -0.2) is 14.4 Å². The van der Waals surface area contributed by atoms with Crippen molar-refractivity contribution in [2.75, 3.05) is 5.73 Å². The van der Waals surface area contributed by atoms with Gasteiger partial charge >= 0.3 is 0 Å². The minimum absolute atomic E-state index is 0.181. The van der Waals surface area contributed by atoms with Gasteiger partial charge < -0.3 is 5.73 Å². The molecule has 1 heterocycles. The summed E-state index contributed by atoms with van der Waals surface area (Å²) >= 11 is 0. The van der Waals surface area contributed by atoms with Crippen molar-refractivity contribution in [2.24, 2.45) is 0 Å². The third-order valence-electron chi connectivity index (χ3n) is 2.87. The number of nitrogens with two attached hydrogens (primary N) is 1. The number of hydrogen-bond acceptors (Lipinski definition) is 3. The maximum absolute atomic E-state index is 13.3. The van der Waals surface area contributed by atoms with Gasteiger partial charge in [0.2, 0.25) is 0 Å². The molecular formula is C15H18FN3. The third kappa shape index (κ3) is 2.89. The van der Waals surface area contributed by atoms with E-state index in [1.807, 2.05) is 20.8 Å². The summed E-state index contributed by atoms with van der Waals surface area (Å²) in [5.41, 5.74) is 7.81. The molecule has 0 aliphatic heterocycles. The van der Waals surface area contributed by atoms with Crippen molar-refractivity contribution < 1.29 is 4.39 Å². The van der Waals surface area contributed by atoms with Crippen LogP contribution in [-0.2, 0) is 5.41 Å². The molecule has 3 nitrogen and oxygen atoms in total. The molecule has 0 radical (unpaired) electrons. The van der Waals surface area contributed by atoms with Crippen molar-refractivity contribution in [3.05, 3.63) is 41.5 Å². The molecule has 0 unspecified atom stereocenters. The van der Waals surface area contributed by atoms with Gasteiger partial charge in [0.15, 0.2) is 0 Å². The molecule has 0 atom stereocenters. The van der Waals surface area contributed by atoms with Crippen LogP contribution in [0.1, 0.15) is 32.2 Å². The predicted octanol–water partition coefficient (Wildman–Crippen LogP) is 3.47. The Morgan fingerprint density at radius 3 is 2.37 bits per heavy atom. The van der Waals surface area contributed by atoms with Crippen molar-refractivity contribution in [1.82, 2.24) is 9.97 Å². The van der Waals surface area contributed by atoms with Crippen LogP contribution in [0.3, 0.4) is 0 Å². The first kappa shape index (κ1) is 13.5. The first-order chi connectivity index (χ1) is 8.77. The van der Waals surface area contributed by atoms with Crippen LogP contribution in [0.15, 0.2) is 24.3 Å². The Hall–Kier alpha value is -1.97. The fourth-order valence-electron chi connectivity index (χ4n) is 1.75. The van der Waals surface area contributed by atoms with E-state index in [1.165, 1.54) is 6.07 Å². The molecular weight excluding hydrogens is 241 g/mol. The van der Waals surface area contributed by atoms with Crippen molar-refractivity contribution >= 4 is 5.82 Å². The number of hydrogen-bond donors (Lipinski definition) is 1. The Balaban J connectivity index is 2.56. The fraction of sp³-hybridized carbons (Fsp3) is 0.333. The molecule has 19 heavy (non-hydrogen) atoms. The molecule has 100 valence electrons. The van der Waals surface area contributed by atoms with Gasteiger partial charge in [-0.15, -0.1) is 0 Å².